The zero-order valence-corrected chi connectivity index (χ0v) is 21.2. The van der Waals surface area contributed by atoms with Crippen LogP contribution in [0.4, 0.5) is 5.69 Å². The summed E-state index contributed by atoms with van der Waals surface area (Å²) in [6.45, 7) is 4.63. The Morgan fingerprint density at radius 2 is 1.76 bits per heavy atom. The van der Waals surface area contributed by atoms with Crippen LogP contribution in [0.3, 0.4) is 0 Å². The van der Waals surface area contributed by atoms with E-state index in [9.17, 15) is 18.0 Å². The topological polar surface area (TPSA) is 96.0 Å². The molecular formula is C25H35N3O5S. The van der Waals surface area contributed by atoms with Gasteiger partial charge in [0.25, 0.3) is 0 Å². The maximum Gasteiger partial charge on any atom is 0.242 e. The number of amides is 2. The number of nitrogens with zero attached hydrogens (tertiary/aromatic N) is 2. The van der Waals surface area contributed by atoms with Crippen LogP contribution in [0.1, 0.15) is 38.7 Å². The van der Waals surface area contributed by atoms with E-state index in [4.69, 9.17) is 4.74 Å². The van der Waals surface area contributed by atoms with Gasteiger partial charge in [-0.1, -0.05) is 43.3 Å². The summed E-state index contributed by atoms with van der Waals surface area (Å²) in [7, 11) is -2.05. The molecule has 9 heteroatoms. The third kappa shape index (κ3) is 7.76. The Labute approximate surface area is 202 Å². The molecule has 0 aliphatic carbocycles. The molecule has 0 unspecified atom stereocenters. The Morgan fingerprint density at radius 1 is 1.06 bits per heavy atom. The minimum absolute atomic E-state index is 0.110. The van der Waals surface area contributed by atoms with Gasteiger partial charge in [0.15, 0.2) is 0 Å². The fourth-order valence-electron chi connectivity index (χ4n) is 3.76. The normalized spacial score (nSPS) is 12.0. The monoisotopic (exact) mass is 489 g/mol. The lowest BCUT2D eigenvalue weighted by atomic mass is 10.1. The van der Waals surface area contributed by atoms with E-state index in [1.54, 1.807) is 29.2 Å². The fraction of sp³-hybridized carbons (Fsp3) is 0.440. The molecule has 1 atom stereocenters. The summed E-state index contributed by atoms with van der Waals surface area (Å²) in [5, 5.41) is 2.81. The lowest BCUT2D eigenvalue weighted by Crippen LogP contribution is -2.49. The number of hydrogen-bond acceptors (Lipinski definition) is 5. The summed E-state index contributed by atoms with van der Waals surface area (Å²) in [6.07, 6.45) is 2.03. The summed E-state index contributed by atoms with van der Waals surface area (Å²) in [5.41, 5.74) is 1.40. The third-order valence-electron chi connectivity index (χ3n) is 5.43. The summed E-state index contributed by atoms with van der Waals surface area (Å²) < 4.78 is 31.3. The molecule has 0 aliphatic rings. The SMILES string of the molecule is CCNC(=O)[C@H](CC)N(Cc1ccccc1)C(=O)CCCN(c1cccc(OC)c1)S(C)(=O)=O. The van der Waals surface area contributed by atoms with E-state index in [1.165, 1.54) is 11.4 Å². The predicted octanol–water partition coefficient (Wildman–Crippen LogP) is 3.18. The first-order valence-corrected chi connectivity index (χ1v) is 13.3. The molecule has 0 aliphatic heterocycles. The summed E-state index contributed by atoms with van der Waals surface area (Å²) in [5.74, 6) is 0.161. The number of carbonyl (C=O) groups is 2. The Morgan fingerprint density at radius 3 is 2.35 bits per heavy atom. The van der Waals surface area contributed by atoms with E-state index in [0.29, 0.717) is 37.4 Å². The van der Waals surface area contributed by atoms with E-state index in [0.717, 1.165) is 11.8 Å². The maximum absolute atomic E-state index is 13.3. The van der Waals surface area contributed by atoms with Crippen LogP contribution < -0.4 is 14.4 Å². The van der Waals surface area contributed by atoms with Crippen molar-refractivity contribution < 1.29 is 22.7 Å². The predicted molar refractivity (Wildman–Crippen MR) is 134 cm³/mol. The quantitative estimate of drug-likeness (QED) is 0.466. The van der Waals surface area contributed by atoms with Gasteiger partial charge < -0.3 is 15.0 Å². The van der Waals surface area contributed by atoms with Crippen LogP contribution in [0.2, 0.25) is 0 Å². The average Bonchev–Trinajstić information content (AvgIpc) is 2.81. The Bertz CT molecular complexity index is 1040. The van der Waals surface area contributed by atoms with Gasteiger partial charge in [0, 0.05) is 32.1 Å². The van der Waals surface area contributed by atoms with Crippen molar-refractivity contribution in [3.8, 4) is 5.75 Å². The fourth-order valence-corrected chi connectivity index (χ4v) is 4.72. The van der Waals surface area contributed by atoms with E-state index in [1.807, 2.05) is 44.2 Å². The van der Waals surface area contributed by atoms with E-state index in [-0.39, 0.29) is 24.8 Å². The molecule has 0 bridgehead atoms. The van der Waals surface area contributed by atoms with Crippen molar-refractivity contribution in [2.24, 2.45) is 0 Å². The maximum atomic E-state index is 13.3. The zero-order chi connectivity index (χ0) is 25.1. The Kier molecular flexibility index (Phi) is 10.4. The van der Waals surface area contributed by atoms with Gasteiger partial charge in [0.1, 0.15) is 11.8 Å². The highest BCUT2D eigenvalue weighted by atomic mass is 32.2. The third-order valence-corrected chi connectivity index (χ3v) is 6.62. The highest BCUT2D eigenvalue weighted by molar-refractivity contribution is 7.92. The van der Waals surface area contributed by atoms with Gasteiger partial charge in [0.2, 0.25) is 21.8 Å². The van der Waals surface area contributed by atoms with Crippen LogP contribution >= 0.6 is 0 Å². The van der Waals surface area contributed by atoms with Gasteiger partial charge in [-0.15, -0.1) is 0 Å². The van der Waals surface area contributed by atoms with Crippen LogP contribution in [-0.4, -0.2) is 57.6 Å². The molecule has 0 saturated carbocycles. The molecule has 0 fully saturated rings. The second-order valence-electron chi connectivity index (χ2n) is 7.97. The van der Waals surface area contributed by atoms with Crippen molar-refractivity contribution in [2.75, 3.05) is 30.8 Å². The highest BCUT2D eigenvalue weighted by Gasteiger charge is 2.28. The van der Waals surface area contributed by atoms with Crippen molar-refractivity contribution in [3.05, 3.63) is 60.2 Å². The zero-order valence-electron chi connectivity index (χ0n) is 20.4. The van der Waals surface area contributed by atoms with Crippen molar-refractivity contribution in [3.63, 3.8) is 0 Å². The molecule has 2 amide bonds. The first-order chi connectivity index (χ1) is 16.2. The molecule has 2 aromatic rings. The van der Waals surface area contributed by atoms with Crippen LogP contribution in [0.15, 0.2) is 54.6 Å². The minimum Gasteiger partial charge on any atom is -0.497 e. The molecular weight excluding hydrogens is 454 g/mol. The standard InChI is InChI=1S/C25H35N3O5S/c1-5-23(25(30)26-6-2)27(19-20-12-8-7-9-13-20)24(29)16-11-17-28(34(4,31)32)21-14-10-15-22(18-21)33-3/h7-10,12-15,18,23H,5-6,11,16-17,19H2,1-4H3,(H,26,30)/t23-/m0/s1. The van der Waals surface area contributed by atoms with Crippen molar-refractivity contribution in [1.29, 1.82) is 0 Å². The number of benzene rings is 2. The highest BCUT2D eigenvalue weighted by Crippen LogP contribution is 2.24. The molecule has 2 rings (SSSR count). The number of ether oxygens (including phenoxy) is 1. The van der Waals surface area contributed by atoms with Crippen LogP contribution in [0.25, 0.3) is 0 Å². The second kappa shape index (κ2) is 13.0. The first kappa shape index (κ1) is 27.2. The van der Waals surface area contributed by atoms with Crippen molar-refractivity contribution in [2.45, 2.75) is 45.7 Å². The van der Waals surface area contributed by atoms with Crippen LogP contribution in [0.5, 0.6) is 5.75 Å². The first-order valence-electron chi connectivity index (χ1n) is 11.4. The molecule has 0 spiro atoms. The average molecular weight is 490 g/mol. The number of methoxy groups -OCH3 is 1. The molecule has 0 radical (unpaired) electrons. The lowest BCUT2D eigenvalue weighted by Gasteiger charge is -2.31. The van der Waals surface area contributed by atoms with Gasteiger partial charge >= 0.3 is 0 Å². The number of hydrogen-bond donors (Lipinski definition) is 1. The molecule has 34 heavy (non-hydrogen) atoms. The minimum atomic E-state index is -3.56. The number of sulfonamides is 1. The van der Waals surface area contributed by atoms with E-state index < -0.39 is 16.1 Å². The van der Waals surface area contributed by atoms with E-state index in [2.05, 4.69) is 5.32 Å². The van der Waals surface area contributed by atoms with Gasteiger partial charge in [-0.25, -0.2) is 8.42 Å². The molecule has 0 aromatic heterocycles. The lowest BCUT2D eigenvalue weighted by molar-refractivity contribution is -0.141. The number of rotatable bonds is 13. The number of likely N-dealkylation sites (N-methyl/N-ethyl adjacent to an activating group) is 1. The van der Waals surface area contributed by atoms with E-state index >= 15 is 0 Å². The van der Waals surface area contributed by atoms with Gasteiger partial charge in [-0.2, -0.15) is 0 Å². The number of carbonyl (C=O) groups excluding carboxylic acids is 2. The summed E-state index contributed by atoms with van der Waals surface area (Å²) in [6, 6.07) is 15.7. The smallest absolute Gasteiger partial charge is 0.242 e. The molecule has 0 saturated heterocycles. The number of anilines is 1. The molecule has 1 N–H and O–H groups in total. The molecule has 8 nitrogen and oxygen atoms in total. The van der Waals surface area contributed by atoms with Crippen LogP contribution in [0, 0.1) is 0 Å². The largest absolute Gasteiger partial charge is 0.497 e. The molecule has 2 aromatic carbocycles. The summed E-state index contributed by atoms with van der Waals surface area (Å²) >= 11 is 0. The Hall–Kier alpha value is -3.07. The van der Waals surface area contributed by atoms with Crippen molar-refractivity contribution >= 4 is 27.5 Å². The van der Waals surface area contributed by atoms with Gasteiger partial charge in [0.05, 0.1) is 19.1 Å². The number of nitrogens with one attached hydrogen (secondary N) is 1. The van der Waals surface area contributed by atoms with Gasteiger partial charge in [-0.05, 0) is 37.5 Å². The van der Waals surface area contributed by atoms with Crippen LogP contribution in [-0.2, 0) is 26.2 Å². The molecule has 186 valence electrons. The Balaban J connectivity index is 2.18. The summed E-state index contributed by atoms with van der Waals surface area (Å²) in [4.78, 5) is 27.5. The van der Waals surface area contributed by atoms with Gasteiger partial charge in [-0.3, -0.25) is 13.9 Å². The second-order valence-corrected chi connectivity index (χ2v) is 9.87. The van der Waals surface area contributed by atoms with Crippen molar-refractivity contribution in [1.82, 2.24) is 10.2 Å². The molecule has 0 heterocycles.